The largest absolute Gasteiger partial charge is 0.366 e. The number of amides is 2. The lowest BCUT2D eigenvalue weighted by Gasteiger charge is -2.10. The van der Waals surface area contributed by atoms with Crippen molar-refractivity contribution < 1.29 is 9.59 Å². The van der Waals surface area contributed by atoms with Crippen molar-refractivity contribution in [2.45, 2.75) is 31.8 Å². The average Bonchev–Trinajstić information content (AvgIpc) is 2.89. The lowest BCUT2D eigenvalue weighted by atomic mass is 10.1. The quantitative estimate of drug-likeness (QED) is 0.757. The molecule has 1 aliphatic heterocycles. The summed E-state index contributed by atoms with van der Waals surface area (Å²) in [7, 11) is 0. The Kier molecular flexibility index (Phi) is 6.48. The Hall–Kier alpha value is -1.59. The van der Waals surface area contributed by atoms with Gasteiger partial charge in [-0.2, -0.15) is 0 Å². The van der Waals surface area contributed by atoms with E-state index >= 15 is 0 Å². The zero-order chi connectivity index (χ0) is 13.7. The molecule has 2 amide bonds. The third kappa shape index (κ3) is 4.83. The number of benzene rings is 1. The molecule has 20 heavy (non-hydrogen) atoms. The van der Waals surface area contributed by atoms with Gasteiger partial charge in [0.05, 0.1) is 0 Å². The minimum Gasteiger partial charge on any atom is -0.366 e. The molecular weight excluding hydrogens is 278 g/mol. The molecule has 0 spiro atoms. The highest BCUT2D eigenvalue weighted by Gasteiger charge is 2.17. The predicted octanol–water partition coefficient (Wildman–Crippen LogP) is 0.966. The van der Waals surface area contributed by atoms with Gasteiger partial charge in [0, 0.05) is 24.6 Å². The normalized spacial score (nSPS) is 17.3. The number of hydrogen-bond acceptors (Lipinski definition) is 3. The summed E-state index contributed by atoms with van der Waals surface area (Å²) in [5.41, 5.74) is 6.55. The fraction of sp³-hybridized carbons (Fsp3) is 0.429. The van der Waals surface area contributed by atoms with E-state index in [9.17, 15) is 9.59 Å². The zero-order valence-corrected chi connectivity index (χ0v) is 12.0. The molecule has 0 saturated carbocycles. The molecule has 1 heterocycles. The molecule has 1 fully saturated rings. The second kappa shape index (κ2) is 7.87. The number of primary amides is 1. The van der Waals surface area contributed by atoms with Crippen molar-refractivity contribution in [2.75, 3.05) is 6.54 Å². The Labute approximate surface area is 124 Å². The molecule has 0 bridgehead atoms. The number of nitrogens with two attached hydrogens (primary N) is 1. The van der Waals surface area contributed by atoms with Gasteiger partial charge >= 0.3 is 0 Å². The molecule has 2 rings (SSSR count). The molecule has 0 radical (unpaired) electrons. The highest BCUT2D eigenvalue weighted by Crippen LogP contribution is 2.09. The lowest BCUT2D eigenvalue weighted by molar-refractivity contribution is -0.121. The monoisotopic (exact) mass is 297 g/mol. The van der Waals surface area contributed by atoms with Crippen molar-refractivity contribution in [3.05, 3.63) is 35.4 Å². The first-order valence-electron chi connectivity index (χ1n) is 6.54. The van der Waals surface area contributed by atoms with Crippen molar-refractivity contribution >= 4 is 24.2 Å². The fourth-order valence-corrected chi connectivity index (χ4v) is 2.26. The van der Waals surface area contributed by atoms with Gasteiger partial charge in [-0.3, -0.25) is 9.59 Å². The molecule has 1 saturated heterocycles. The number of nitrogens with one attached hydrogen (secondary N) is 2. The van der Waals surface area contributed by atoms with Gasteiger partial charge in [0.2, 0.25) is 11.8 Å². The van der Waals surface area contributed by atoms with Crippen molar-refractivity contribution in [3.8, 4) is 0 Å². The van der Waals surface area contributed by atoms with Gasteiger partial charge in [0.1, 0.15) is 0 Å². The van der Waals surface area contributed by atoms with Crippen molar-refractivity contribution in [1.82, 2.24) is 10.6 Å². The molecule has 1 aliphatic rings. The van der Waals surface area contributed by atoms with Crippen LogP contribution < -0.4 is 16.4 Å². The number of carbonyl (C=O) groups is 2. The first-order valence-corrected chi connectivity index (χ1v) is 6.54. The van der Waals surface area contributed by atoms with E-state index < -0.39 is 5.91 Å². The van der Waals surface area contributed by atoms with Crippen molar-refractivity contribution in [3.63, 3.8) is 0 Å². The summed E-state index contributed by atoms with van der Waals surface area (Å²) in [5, 5.41) is 6.15. The summed E-state index contributed by atoms with van der Waals surface area (Å²) in [6, 6.07) is 7.30. The second-order valence-electron chi connectivity index (χ2n) is 4.84. The summed E-state index contributed by atoms with van der Waals surface area (Å²) in [5.74, 6) is -0.424. The van der Waals surface area contributed by atoms with E-state index in [-0.39, 0.29) is 18.3 Å². The van der Waals surface area contributed by atoms with E-state index in [1.165, 1.54) is 0 Å². The van der Waals surface area contributed by atoms with Crippen LogP contribution in [0.25, 0.3) is 0 Å². The SMILES string of the molecule is Cl.NC(=O)c1cccc(CNC(=O)CC2CCCN2)c1. The Morgan fingerprint density at radius 1 is 1.40 bits per heavy atom. The number of carbonyl (C=O) groups excluding carboxylic acids is 2. The highest BCUT2D eigenvalue weighted by atomic mass is 35.5. The van der Waals surface area contributed by atoms with Gasteiger partial charge in [0.15, 0.2) is 0 Å². The maximum absolute atomic E-state index is 11.7. The lowest BCUT2D eigenvalue weighted by Crippen LogP contribution is -2.31. The summed E-state index contributed by atoms with van der Waals surface area (Å²) < 4.78 is 0. The molecule has 1 atom stereocenters. The van der Waals surface area contributed by atoms with Crippen LogP contribution in [0, 0.1) is 0 Å². The van der Waals surface area contributed by atoms with Gasteiger partial charge in [-0.1, -0.05) is 12.1 Å². The van der Waals surface area contributed by atoms with Gasteiger partial charge in [0.25, 0.3) is 0 Å². The van der Waals surface area contributed by atoms with Gasteiger partial charge in [-0.15, -0.1) is 12.4 Å². The van der Waals surface area contributed by atoms with Crippen LogP contribution >= 0.6 is 12.4 Å². The maximum atomic E-state index is 11.7. The molecule has 6 heteroatoms. The molecule has 1 unspecified atom stereocenters. The third-order valence-corrected chi connectivity index (χ3v) is 3.30. The smallest absolute Gasteiger partial charge is 0.248 e. The molecule has 0 aliphatic carbocycles. The van der Waals surface area contributed by atoms with Crippen molar-refractivity contribution in [1.29, 1.82) is 0 Å². The van der Waals surface area contributed by atoms with Gasteiger partial charge < -0.3 is 16.4 Å². The van der Waals surface area contributed by atoms with E-state index in [2.05, 4.69) is 10.6 Å². The highest BCUT2D eigenvalue weighted by molar-refractivity contribution is 5.92. The summed E-state index contributed by atoms with van der Waals surface area (Å²) in [4.78, 5) is 22.8. The molecular formula is C14H20ClN3O2. The van der Waals surface area contributed by atoms with Gasteiger partial charge in [-0.25, -0.2) is 0 Å². The van der Waals surface area contributed by atoms with Crippen LogP contribution in [-0.2, 0) is 11.3 Å². The molecule has 0 aromatic heterocycles. The molecule has 5 nitrogen and oxygen atoms in total. The van der Waals surface area contributed by atoms with E-state index in [0.717, 1.165) is 24.9 Å². The first-order chi connectivity index (χ1) is 9.15. The Balaban J connectivity index is 0.00000200. The van der Waals surface area contributed by atoms with Crippen LogP contribution in [0.2, 0.25) is 0 Å². The van der Waals surface area contributed by atoms with Crippen LogP contribution in [0.3, 0.4) is 0 Å². The minimum atomic E-state index is -0.455. The first kappa shape index (κ1) is 16.5. The molecule has 1 aromatic rings. The number of halogens is 1. The van der Waals surface area contributed by atoms with E-state index in [1.807, 2.05) is 6.07 Å². The summed E-state index contributed by atoms with van der Waals surface area (Å²) >= 11 is 0. The van der Waals surface area contributed by atoms with E-state index in [1.54, 1.807) is 18.2 Å². The fourth-order valence-electron chi connectivity index (χ4n) is 2.26. The van der Waals surface area contributed by atoms with Crippen LogP contribution in [-0.4, -0.2) is 24.4 Å². The summed E-state index contributed by atoms with van der Waals surface area (Å²) in [6.45, 7) is 1.42. The van der Waals surface area contributed by atoms with Crippen molar-refractivity contribution in [2.24, 2.45) is 5.73 Å². The van der Waals surface area contributed by atoms with Crippen LogP contribution in [0.1, 0.15) is 35.2 Å². The number of rotatable bonds is 5. The topological polar surface area (TPSA) is 84.2 Å². The standard InChI is InChI=1S/C14H19N3O2.ClH/c15-14(19)11-4-1-3-10(7-11)9-17-13(18)8-12-5-2-6-16-12;/h1,3-4,7,12,16H,2,5-6,8-9H2,(H2,15,19)(H,17,18);1H. The predicted molar refractivity (Wildman–Crippen MR) is 79.7 cm³/mol. The van der Waals surface area contributed by atoms with Crippen LogP contribution in [0.4, 0.5) is 0 Å². The van der Waals surface area contributed by atoms with Gasteiger partial charge in [-0.05, 0) is 37.1 Å². The Morgan fingerprint density at radius 3 is 2.85 bits per heavy atom. The van der Waals surface area contributed by atoms with E-state index in [4.69, 9.17) is 5.73 Å². The number of hydrogen-bond donors (Lipinski definition) is 3. The summed E-state index contributed by atoms with van der Waals surface area (Å²) in [6.07, 6.45) is 2.71. The molecule has 4 N–H and O–H groups in total. The Morgan fingerprint density at radius 2 is 2.20 bits per heavy atom. The molecule has 1 aromatic carbocycles. The van der Waals surface area contributed by atoms with Crippen LogP contribution in [0.5, 0.6) is 0 Å². The zero-order valence-electron chi connectivity index (χ0n) is 11.2. The Bertz CT molecular complexity index is 473. The molecule has 110 valence electrons. The van der Waals surface area contributed by atoms with E-state index in [0.29, 0.717) is 24.6 Å². The third-order valence-electron chi connectivity index (χ3n) is 3.30. The minimum absolute atomic E-state index is 0. The van der Waals surface area contributed by atoms with Crippen LogP contribution in [0.15, 0.2) is 24.3 Å². The average molecular weight is 298 g/mol. The maximum Gasteiger partial charge on any atom is 0.248 e. The second-order valence-corrected chi connectivity index (χ2v) is 4.84.